The molecule has 1 heterocycles. The number of guanidine groups is 1. The first-order valence-electron chi connectivity index (χ1n) is 8.96. The smallest absolute Gasteiger partial charge is 0.191 e. The van der Waals surface area contributed by atoms with Crippen LogP contribution in [0.25, 0.3) is 0 Å². The second kappa shape index (κ2) is 10.9. The highest BCUT2D eigenvalue weighted by atomic mass is 16.5. The largest absolute Gasteiger partial charge is 0.496 e. The van der Waals surface area contributed by atoms with Gasteiger partial charge in [-0.1, -0.05) is 12.1 Å². The van der Waals surface area contributed by atoms with E-state index in [9.17, 15) is 0 Å². The summed E-state index contributed by atoms with van der Waals surface area (Å²) in [5.74, 6) is 2.29. The van der Waals surface area contributed by atoms with E-state index in [0.717, 1.165) is 69.6 Å². The predicted molar refractivity (Wildman–Crippen MR) is 100 cm³/mol. The van der Waals surface area contributed by atoms with E-state index in [1.165, 1.54) is 5.56 Å². The lowest BCUT2D eigenvalue weighted by molar-refractivity contribution is 0.0888. The van der Waals surface area contributed by atoms with Crippen LogP contribution in [0.1, 0.15) is 24.0 Å². The molecule has 0 amide bonds. The maximum Gasteiger partial charge on any atom is 0.191 e. The van der Waals surface area contributed by atoms with Gasteiger partial charge in [0.25, 0.3) is 0 Å². The van der Waals surface area contributed by atoms with Crippen molar-refractivity contribution in [1.82, 2.24) is 10.6 Å². The summed E-state index contributed by atoms with van der Waals surface area (Å²) in [6, 6.07) is 6.18. The molecule has 6 nitrogen and oxygen atoms in total. The molecule has 140 valence electrons. The van der Waals surface area contributed by atoms with Gasteiger partial charge < -0.3 is 24.8 Å². The highest BCUT2D eigenvalue weighted by molar-refractivity contribution is 5.79. The van der Waals surface area contributed by atoms with Crippen LogP contribution in [0.5, 0.6) is 5.75 Å². The molecule has 1 saturated heterocycles. The normalized spacial score (nSPS) is 17.6. The minimum absolute atomic E-state index is 0.579. The van der Waals surface area contributed by atoms with Gasteiger partial charge in [-0.3, -0.25) is 4.99 Å². The number of aliphatic imine (C=N–C) groups is 1. The summed E-state index contributed by atoms with van der Waals surface area (Å²) < 4.78 is 16.3. The number of benzene rings is 1. The molecule has 1 fully saturated rings. The molecule has 0 bridgehead atoms. The zero-order chi connectivity index (χ0) is 17.9. The Morgan fingerprint density at radius 2 is 2.24 bits per heavy atom. The topological polar surface area (TPSA) is 64.1 Å². The highest BCUT2D eigenvalue weighted by Gasteiger charge is 2.15. The van der Waals surface area contributed by atoms with Crippen LogP contribution >= 0.6 is 0 Å². The van der Waals surface area contributed by atoms with E-state index in [1.807, 2.05) is 13.0 Å². The number of nitrogens with zero attached hydrogens (tertiary/aromatic N) is 1. The Morgan fingerprint density at radius 3 is 2.92 bits per heavy atom. The standard InChI is InChI=1S/C19H31N3O3/c1-15-11-16(5-6-18(15)23-3)12-22-19(20-2)21-8-4-9-24-13-17-7-10-25-14-17/h5-6,11,17H,4,7-10,12-14H2,1-3H3,(H2,20,21,22). The minimum Gasteiger partial charge on any atom is -0.496 e. The molecule has 1 aromatic carbocycles. The van der Waals surface area contributed by atoms with Crippen molar-refractivity contribution in [3.05, 3.63) is 29.3 Å². The Kier molecular flexibility index (Phi) is 8.55. The Balaban J connectivity index is 1.59. The van der Waals surface area contributed by atoms with Crippen LogP contribution in [0.15, 0.2) is 23.2 Å². The average Bonchev–Trinajstić information content (AvgIpc) is 3.14. The van der Waals surface area contributed by atoms with Gasteiger partial charge in [0.05, 0.1) is 20.3 Å². The van der Waals surface area contributed by atoms with Gasteiger partial charge in [-0.25, -0.2) is 0 Å². The van der Waals surface area contributed by atoms with E-state index in [0.29, 0.717) is 5.92 Å². The zero-order valence-corrected chi connectivity index (χ0v) is 15.6. The molecule has 0 aliphatic carbocycles. The Morgan fingerprint density at radius 1 is 1.36 bits per heavy atom. The molecule has 1 atom stereocenters. The van der Waals surface area contributed by atoms with Crippen LogP contribution in [-0.4, -0.2) is 53.1 Å². The molecule has 1 aliphatic rings. The maximum absolute atomic E-state index is 5.71. The first kappa shape index (κ1) is 19.5. The fourth-order valence-corrected chi connectivity index (χ4v) is 2.80. The number of hydrogen-bond acceptors (Lipinski definition) is 4. The van der Waals surface area contributed by atoms with Crippen LogP contribution in [0.3, 0.4) is 0 Å². The molecule has 2 N–H and O–H groups in total. The van der Waals surface area contributed by atoms with Crippen molar-refractivity contribution in [3.8, 4) is 5.75 Å². The van der Waals surface area contributed by atoms with Gasteiger partial charge in [-0.15, -0.1) is 0 Å². The van der Waals surface area contributed by atoms with Crippen LogP contribution in [0, 0.1) is 12.8 Å². The lowest BCUT2D eigenvalue weighted by atomic mass is 10.1. The van der Waals surface area contributed by atoms with E-state index < -0.39 is 0 Å². The number of methoxy groups -OCH3 is 1. The number of nitrogens with one attached hydrogen (secondary N) is 2. The number of hydrogen-bond donors (Lipinski definition) is 2. The molecule has 6 heteroatoms. The van der Waals surface area contributed by atoms with Gasteiger partial charge in [0, 0.05) is 39.3 Å². The molecule has 2 rings (SSSR count). The fourth-order valence-electron chi connectivity index (χ4n) is 2.80. The summed E-state index contributed by atoms with van der Waals surface area (Å²) in [6.45, 7) is 6.91. The third-order valence-electron chi connectivity index (χ3n) is 4.28. The van der Waals surface area contributed by atoms with Crippen molar-refractivity contribution in [2.75, 3.05) is 47.1 Å². The van der Waals surface area contributed by atoms with Gasteiger partial charge >= 0.3 is 0 Å². The van der Waals surface area contributed by atoms with Crippen molar-refractivity contribution in [1.29, 1.82) is 0 Å². The number of rotatable bonds is 9. The van der Waals surface area contributed by atoms with Crippen LogP contribution in [0.2, 0.25) is 0 Å². The number of aryl methyl sites for hydroxylation is 1. The zero-order valence-electron chi connectivity index (χ0n) is 15.6. The van der Waals surface area contributed by atoms with Crippen LogP contribution < -0.4 is 15.4 Å². The molecule has 0 saturated carbocycles. The lowest BCUT2D eigenvalue weighted by Crippen LogP contribution is -2.37. The molecule has 0 radical (unpaired) electrons. The van der Waals surface area contributed by atoms with Gasteiger partial charge in [0.15, 0.2) is 5.96 Å². The van der Waals surface area contributed by atoms with Crippen molar-refractivity contribution in [2.24, 2.45) is 10.9 Å². The van der Waals surface area contributed by atoms with E-state index in [-0.39, 0.29) is 0 Å². The molecule has 0 spiro atoms. The monoisotopic (exact) mass is 349 g/mol. The fraction of sp³-hybridized carbons (Fsp3) is 0.632. The first-order valence-corrected chi connectivity index (χ1v) is 8.96. The number of ether oxygens (including phenoxy) is 3. The summed E-state index contributed by atoms with van der Waals surface area (Å²) in [7, 11) is 3.47. The molecule has 1 aromatic rings. The Bertz CT molecular complexity index is 543. The average molecular weight is 349 g/mol. The summed E-state index contributed by atoms with van der Waals surface area (Å²) in [5.41, 5.74) is 2.33. The quantitative estimate of drug-likeness (QED) is 0.406. The third-order valence-corrected chi connectivity index (χ3v) is 4.28. The molecule has 0 aromatic heterocycles. The molecule has 25 heavy (non-hydrogen) atoms. The van der Waals surface area contributed by atoms with Gasteiger partial charge in [-0.05, 0) is 37.0 Å². The third kappa shape index (κ3) is 6.92. The molecule has 1 unspecified atom stereocenters. The SMILES string of the molecule is CN=C(NCCCOCC1CCOC1)NCc1ccc(OC)c(C)c1. The van der Waals surface area contributed by atoms with Crippen molar-refractivity contribution in [2.45, 2.75) is 26.3 Å². The van der Waals surface area contributed by atoms with Crippen molar-refractivity contribution >= 4 is 5.96 Å². The van der Waals surface area contributed by atoms with Gasteiger partial charge in [0.2, 0.25) is 0 Å². The lowest BCUT2D eigenvalue weighted by Gasteiger charge is -2.13. The molecule has 1 aliphatic heterocycles. The summed E-state index contributed by atoms with van der Waals surface area (Å²) in [5, 5.41) is 6.64. The minimum atomic E-state index is 0.579. The highest BCUT2D eigenvalue weighted by Crippen LogP contribution is 2.18. The second-order valence-electron chi connectivity index (χ2n) is 6.31. The summed E-state index contributed by atoms with van der Waals surface area (Å²) in [6.07, 6.45) is 2.08. The maximum atomic E-state index is 5.71. The van der Waals surface area contributed by atoms with E-state index in [4.69, 9.17) is 14.2 Å². The molecular formula is C19H31N3O3. The van der Waals surface area contributed by atoms with E-state index in [1.54, 1.807) is 14.2 Å². The van der Waals surface area contributed by atoms with Gasteiger partial charge in [0.1, 0.15) is 5.75 Å². The second-order valence-corrected chi connectivity index (χ2v) is 6.31. The van der Waals surface area contributed by atoms with Crippen LogP contribution in [-0.2, 0) is 16.0 Å². The Labute approximate surface area is 151 Å². The Hall–Kier alpha value is -1.79. The summed E-state index contributed by atoms with van der Waals surface area (Å²) >= 11 is 0. The van der Waals surface area contributed by atoms with Crippen molar-refractivity contribution in [3.63, 3.8) is 0 Å². The predicted octanol–water partition coefficient (Wildman–Crippen LogP) is 2.11. The summed E-state index contributed by atoms with van der Waals surface area (Å²) in [4.78, 5) is 4.25. The van der Waals surface area contributed by atoms with E-state index >= 15 is 0 Å². The van der Waals surface area contributed by atoms with Crippen molar-refractivity contribution < 1.29 is 14.2 Å². The van der Waals surface area contributed by atoms with E-state index in [2.05, 4.69) is 27.8 Å². The van der Waals surface area contributed by atoms with Gasteiger partial charge in [-0.2, -0.15) is 0 Å². The molecular weight excluding hydrogens is 318 g/mol. The van der Waals surface area contributed by atoms with Crippen LogP contribution in [0.4, 0.5) is 0 Å². The first-order chi connectivity index (χ1) is 12.2.